The van der Waals surface area contributed by atoms with Gasteiger partial charge in [-0.1, -0.05) is 18.1 Å². The predicted octanol–water partition coefficient (Wildman–Crippen LogP) is 2.25. The normalized spacial score (nSPS) is 27.0. The van der Waals surface area contributed by atoms with Gasteiger partial charge in [0.1, 0.15) is 11.3 Å². The first-order chi connectivity index (χ1) is 11.4. The van der Waals surface area contributed by atoms with E-state index in [-0.39, 0.29) is 6.04 Å². The lowest BCUT2D eigenvalue weighted by atomic mass is 10.00. The van der Waals surface area contributed by atoms with Crippen LogP contribution in [0.4, 0.5) is 0 Å². The van der Waals surface area contributed by atoms with Crippen molar-refractivity contribution in [3.8, 4) is 0 Å². The highest BCUT2D eigenvalue weighted by atomic mass is 16.3. The van der Waals surface area contributed by atoms with Gasteiger partial charge in [0, 0.05) is 19.0 Å². The lowest BCUT2D eigenvalue weighted by Crippen LogP contribution is -2.40. The summed E-state index contributed by atoms with van der Waals surface area (Å²) >= 11 is 0. The van der Waals surface area contributed by atoms with Crippen LogP contribution in [0, 0.1) is 11.3 Å². The molecule has 0 aromatic carbocycles. The van der Waals surface area contributed by atoms with Crippen molar-refractivity contribution in [2.24, 2.45) is 11.3 Å². The molecule has 1 aliphatic heterocycles. The summed E-state index contributed by atoms with van der Waals surface area (Å²) in [5.74, 6) is 0.704. The minimum atomic E-state index is -0.962. The van der Waals surface area contributed by atoms with Gasteiger partial charge in [0.05, 0.1) is 12.2 Å². The van der Waals surface area contributed by atoms with Gasteiger partial charge in [0.25, 0.3) is 0 Å². The molecule has 2 aliphatic carbocycles. The highest BCUT2D eigenvalue weighted by Gasteiger charge is 2.59. The van der Waals surface area contributed by atoms with Crippen LogP contribution in [-0.2, 0) is 10.4 Å². The van der Waals surface area contributed by atoms with E-state index in [0.29, 0.717) is 22.9 Å². The number of carbonyl (C=O) groups is 1. The number of rotatable bonds is 3. The van der Waals surface area contributed by atoms with E-state index in [1.165, 1.54) is 25.7 Å². The van der Waals surface area contributed by atoms with Crippen molar-refractivity contribution in [1.29, 1.82) is 0 Å². The Morgan fingerprint density at radius 2 is 1.96 bits per heavy atom. The fraction of sp³-hybridized carbons (Fsp3) is 0.833. The van der Waals surface area contributed by atoms with E-state index < -0.39 is 5.60 Å². The van der Waals surface area contributed by atoms with Gasteiger partial charge >= 0.3 is 0 Å². The zero-order valence-corrected chi connectivity index (χ0v) is 14.7. The summed E-state index contributed by atoms with van der Waals surface area (Å²) in [6, 6.07) is 0.275. The second-order valence-corrected chi connectivity index (χ2v) is 8.53. The average molecular weight is 332 g/mol. The van der Waals surface area contributed by atoms with E-state index in [4.69, 9.17) is 0 Å². The molecular formula is C18H28N4O2. The summed E-state index contributed by atoms with van der Waals surface area (Å²) in [6.45, 7) is 5.07. The van der Waals surface area contributed by atoms with Crippen molar-refractivity contribution in [3.63, 3.8) is 0 Å². The lowest BCUT2D eigenvalue weighted by Gasteiger charge is -2.32. The van der Waals surface area contributed by atoms with Gasteiger partial charge in [-0.3, -0.25) is 4.79 Å². The maximum atomic E-state index is 12.8. The number of aliphatic hydroxyl groups is 1. The number of amides is 1. The third kappa shape index (κ3) is 2.75. The Hall–Kier alpha value is -1.43. The Bertz CT molecular complexity index is 619. The van der Waals surface area contributed by atoms with Gasteiger partial charge in [0.2, 0.25) is 5.91 Å². The molecule has 132 valence electrons. The van der Waals surface area contributed by atoms with E-state index in [2.05, 4.69) is 15.2 Å². The van der Waals surface area contributed by atoms with Gasteiger partial charge in [-0.15, -0.1) is 5.10 Å². The molecular weight excluding hydrogens is 304 g/mol. The number of piperidine rings is 1. The van der Waals surface area contributed by atoms with Crippen molar-refractivity contribution in [3.05, 3.63) is 11.9 Å². The van der Waals surface area contributed by atoms with Crippen LogP contribution in [-0.4, -0.2) is 44.0 Å². The molecule has 1 saturated heterocycles. The van der Waals surface area contributed by atoms with Gasteiger partial charge in [-0.05, 0) is 51.4 Å². The second-order valence-electron chi connectivity index (χ2n) is 8.53. The first-order valence-corrected chi connectivity index (χ1v) is 9.33. The number of likely N-dealkylation sites (tertiary alicyclic amines) is 1. The van der Waals surface area contributed by atoms with E-state index in [1.807, 2.05) is 10.9 Å². The molecule has 2 heterocycles. The molecule has 4 rings (SSSR count). The summed E-state index contributed by atoms with van der Waals surface area (Å²) in [5, 5.41) is 18.3. The Labute approximate surface area is 143 Å². The quantitative estimate of drug-likeness (QED) is 0.921. The van der Waals surface area contributed by atoms with Crippen LogP contribution in [0.15, 0.2) is 6.20 Å². The molecule has 6 nitrogen and oxygen atoms in total. The van der Waals surface area contributed by atoms with E-state index in [0.717, 1.165) is 32.4 Å². The Morgan fingerprint density at radius 3 is 2.54 bits per heavy atom. The van der Waals surface area contributed by atoms with Crippen LogP contribution < -0.4 is 0 Å². The van der Waals surface area contributed by atoms with Crippen molar-refractivity contribution in [2.45, 2.75) is 70.4 Å². The molecule has 1 aromatic rings. The molecule has 1 atom stereocenters. The zero-order valence-electron chi connectivity index (χ0n) is 14.7. The fourth-order valence-corrected chi connectivity index (χ4v) is 4.64. The maximum absolute atomic E-state index is 12.8. The highest BCUT2D eigenvalue weighted by molar-refractivity contribution is 5.82. The van der Waals surface area contributed by atoms with Crippen LogP contribution >= 0.6 is 0 Å². The standard InChI is InChI=1S/C18H28N4O2/c1-17(2,24)15-12-22(20-19-15)13-5-9-21(10-6-13)16(23)14-11-18(14)7-3-4-8-18/h12-14,24H,3-11H2,1-2H3/t14-/m0/s1. The summed E-state index contributed by atoms with van der Waals surface area (Å²) in [5.41, 5.74) is 0.0277. The van der Waals surface area contributed by atoms with Gasteiger partial charge < -0.3 is 10.0 Å². The molecule has 0 radical (unpaired) electrons. The molecule has 3 fully saturated rings. The first kappa shape index (κ1) is 16.1. The van der Waals surface area contributed by atoms with Crippen LogP contribution in [0.3, 0.4) is 0 Å². The van der Waals surface area contributed by atoms with Crippen LogP contribution in [0.25, 0.3) is 0 Å². The van der Waals surface area contributed by atoms with Crippen LogP contribution in [0.1, 0.15) is 70.5 Å². The second kappa shape index (κ2) is 5.55. The molecule has 1 aromatic heterocycles. The number of nitrogens with zero attached hydrogens (tertiary/aromatic N) is 4. The third-order valence-electron chi connectivity index (χ3n) is 6.37. The van der Waals surface area contributed by atoms with E-state index >= 15 is 0 Å². The molecule has 24 heavy (non-hydrogen) atoms. The molecule has 1 spiro atoms. The molecule has 1 N–H and O–H groups in total. The van der Waals surface area contributed by atoms with Crippen molar-refractivity contribution >= 4 is 5.91 Å². The maximum Gasteiger partial charge on any atom is 0.226 e. The lowest BCUT2D eigenvalue weighted by molar-refractivity contribution is -0.134. The van der Waals surface area contributed by atoms with Gasteiger partial charge in [-0.25, -0.2) is 4.68 Å². The minimum Gasteiger partial charge on any atom is -0.384 e. The predicted molar refractivity (Wildman–Crippen MR) is 89.1 cm³/mol. The molecule has 2 saturated carbocycles. The SMILES string of the molecule is CC(C)(O)c1cn(C2CCN(C(=O)[C@@H]3CC34CCCC4)CC2)nn1. The summed E-state index contributed by atoms with van der Waals surface area (Å²) in [6.07, 6.45) is 9.95. The smallest absolute Gasteiger partial charge is 0.226 e. The molecule has 6 heteroatoms. The number of hydrogen-bond donors (Lipinski definition) is 1. The van der Waals surface area contributed by atoms with Crippen molar-refractivity contribution in [2.75, 3.05) is 13.1 Å². The minimum absolute atomic E-state index is 0.275. The zero-order chi connectivity index (χ0) is 16.9. The molecule has 0 bridgehead atoms. The fourth-order valence-electron chi connectivity index (χ4n) is 4.64. The Morgan fingerprint density at radius 1 is 1.29 bits per heavy atom. The summed E-state index contributed by atoms with van der Waals surface area (Å²) in [7, 11) is 0. The molecule has 1 amide bonds. The van der Waals surface area contributed by atoms with Crippen LogP contribution in [0.2, 0.25) is 0 Å². The van der Waals surface area contributed by atoms with E-state index in [9.17, 15) is 9.90 Å². The highest BCUT2D eigenvalue weighted by Crippen LogP contribution is 2.63. The topological polar surface area (TPSA) is 71.2 Å². The number of hydrogen-bond acceptors (Lipinski definition) is 4. The first-order valence-electron chi connectivity index (χ1n) is 9.33. The largest absolute Gasteiger partial charge is 0.384 e. The van der Waals surface area contributed by atoms with Crippen molar-refractivity contribution < 1.29 is 9.90 Å². The third-order valence-corrected chi connectivity index (χ3v) is 6.37. The van der Waals surface area contributed by atoms with Gasteiger partial charge in [0.15, 0.2) is 0 Å². The monoisotopic (exact) mass is 332 g/mol. The van der Waals surface area contributed by atoms with E-state index in [1.54, 1.807) is 13.8 Å². The Kier molecular flexibility index (Phi) is 3.71. The summed E-state index contributed by atoms with van der Waals surface area (Å²) in [4.78, 5) is 14.8. The Balaban J connectivity index is 1.34. The van der Waals surface area contributed by atoms with Crippen molar-refractivity contribution in [1.82, 2.24) is 19.9 Å². The summed E-state index contributed by atoms with van der Waals surface area (Å²) < 4.78 is 1.87. The number of carbonyl (C=O) groups excluding carboxylic acids is 1. The molecule has 3 aliphatic rings. The van der Waals surface area contributed by atoms with Gasteiger partial charge in [-0.2, -0.15) is 0 Å². The molecule has 0 unspecified atom stereocenters. The number of aromatic nitrogens is 3. The average Bonchev–Trinajstić information content (AvgIpc) is 2.94. The van der Waals surface area contributed by atoms with Crippen LogP contribution in [0.5, 0.6) is 0 Å².